The van der Waals surface area contributed by atoms with Crippen molar-refractivity contribution in [2.45, 2.75) is 24.8 Å². The standard InChI is InChI=1S/C17H19FN2O4S/c1-11-6-7-15(9-16(11)18)25(23,24)20-14-5-3-4-13(8-14)17(22)19-10-12(2)21/h3-9,12,20-21H,10H2,1-2H3,(H,19,22). The van der Waals surface area contributed by atoms with Crippen molar-refractivity contribution in [1.82, 2.24) is 5.32 Å². The molecule has 25 heavy (non-hydrogen) atoms. The summed E-state index contributed by atoms with van der Waals surface area (Å²) < 4.78 is 40.6. The smallest absolute Gasteiger partial charge is 0.261 e. The number of sulfonamides is 1. The minimum atomic E-state index is -3.98. The van der Waals surface area contributed by atoms with E-state index in [1.165, 1.54) is 50.2 Å². The van der Waals surface area contributed by atoms with Crippen LogP contribution in [0, 0.1) is 12.7 Å². The van der Waals surface area contributed by atoms with E-state index < -0.39 is 27.9 Å². The van der Waals surface area contributed by atoms with Crippen LogP contribution >= 0.6 is 0 Å². The lowest BCUT2D eigenvalue weighted by Crippen LogP contribution is -2.30. The molecule has 8 heteroatoms. The van der Waals surface area contributed by atoms with Crippen molar-refractivity contribution in [2.24, 2.45) is 0 Å². The zero-order valence-corrected chi connectivity index (χ0v) is 14.6. The predicted molar refractivity (Wildman–Crippen MR) is 92.4 cm³/mol. The number of aryl methyl sites for hydroxylation is 1. The zero-order chi connectivity index (χ0) is 18.6. The normalized spacial score (nSPS) is 12.5. The Morgan fingerprint density at radius 1 is 1.24 bits per heavy atom. The number of hydrogen-bond donors (Lipinski definition) is 3. The lowest BCUT2D eigenvalue weighted by Gasteiger charge is -2.11. The molecular formula is C17H19FN2O4S. The maximum absolute atomic E-state index is 13.6. The Hall–Kier alpha value is -2.45. The van der Waals surface area contributed by atoms with Gasteiger partial charge in [-0.3, -0.25) is 9.52 Å². The molecule has 0 saturated heterocycles. The van der Waals surface area contributed by atoms with Gasteiger partial charge in [-0.2, -0.15) is 0 Å². The number of nitrogens with one attached hydrogen (secondary N) is 2. The highest BCUT2D eigenvalue weighted by atomic mass is 32.2. The molecule has 0 spiro atoms. The van der Waals surface area contributed by atoms with Crippen LogP contribution in [0.15, 0.2) is 47.4 Å². The molecule has 0 aliphatic rings. The number of rotatable bonds is 6. The van der Waals surface area contributed by atoms with E-state index in [0.717, 1.165) is 6.07 Å². The Labute approximate surface area is 145 Å². The number of anilines is 1. The average molecular weight is 366 g/mol. The molecular weight excluding hydrogens is 347 g/mol. The van der Waals surface area contributed by atoms with Crippen molar-refractivity contribution in [3.63, 3.8) is 0 Å². The van der Waals surface area contributed by atoms with Crippen molar-refractivity contribution in [2.75, 3.05) is 11.3 Å². The highest BCUT2D eigenvalue weighted by molar-refractivity contribution is 7.92. The molecule has 0 saturated carbocycles. The monoisotopic (exact) mass is 366 g/mol. The number of aliphatic hydroxyl groups is 1. The third-order valence-corrected chi connectivity index (χ3v) is 4.77. The fourth-order valence-electron chi connectivity index (χ4n) is 2.02. The molecule has 1 atom stereocenters. The van der Waals surface area contributed by atoms with Crippen LogP contribution in [0.5, 0.6) is 0 Å². The van der Waals surface area contributed by atoms with Gasteiger partial charge in [-0.15, -0.1) is 0 Å². The first-order valence-corrected chi connectivity index (χ1v) is 9.02. The summed E-state index contributed by atoms with van der Waals surface area (Å²) in [4.78, 5) is 11.8. The summed E-state index contributed by atoms with van der Waals surface area (Å²) in [5.74, 6) is -1.06. The van der Waals surface area contributed by atoms with Crippen molar-refractivity contribution in [3.8, 4) is 0 Å². The van der Waals surface area contributed by atoms with E-state index in [9.17, 15) is 22.7 Å². The van der Waals surface area contributed by atoms with Crippen LogP contribution in [-0.2, 0) is 10.0 Å². The average Bonchev–Trinajstić information content (AvgIpc) is 2.54. The summed E-state index contributed by atoms with van der Waals surface area (Å²) in [5, 5.41) is 11.7. The van der Waals surface area contributed by atoms with E-state index in [2.05, 4.69) is 10.0 Å². The fourth-order valence-corrected chi connectivity index (χ4v) is 3.08. The van der Waals surface area contributed by atoms with Gasteiger partial charge < -0.3 is 10.4 Å². The summed E-state index contributed by atoms with van der Waals surface area (Å²) in [7, 11) is -3.98. The quantitative estimate of drug-likeness (QED) is 0.729. The summed E-state index contributed by atoms with van der Waals surface area (Å²) in [6, 6.07) is 9.50. The van der Waals surface area contributed by atoms with E-state index >= 15 is 0 Å². The minimum Gasteiger partial charge on any atom is -0.392 e. The number of hydrogen-bond acceptors (Lipinski definition) is 4. The van der Waals surface area contributed by atoms with Gasteiger partial charge in [0.25, 0.3) is 15.9 Å². The molecule has 0 heterocycles. The summed E-state index contributed by atoms with van der Waals surface area (Å²) >= 11 is 0. The Kier molecular flexibility index (Phi) is 5.76. The topological polar surface area (TPSA) is 95.5 Å². The van der Waals surface area contributed by atoms with E-state index in [1.807, 2.05) is 0 Å². The van der Waals surface area contributed by atoms with Gasteiger partial charge in [0.2, 0.25) is 0 Å². The second-order valence-electron chi connectivity index (χ2n) is 5.66. The zero-order valence-electron chi connectivity index (χ0n) is 13.8. The number of aliphatic hydroxyl groups excluding tert-OH is 1. The SMILES string of the molecule is Cc1ccc(S(=O)(=O)Nc2cccc(C(=O)NCC(C)O)c2)cc1F. The van der Waals surface area contributed by atoms with E-state index in [1.54, 1.807) is 0 Å². The largest absolute Gasteiger partial charge is 0.392 e. The van der Waals surface area contributed by atoms with Gasteiger partial charge in [-0.05, 0) is 49.7 Å². The molecule has 2 rings (SSSR count). The molecule has 2 aromatic rings. The predicted octanol–water partition coefficient (Wildman–Crippen LogP) is 2.05. The van der Waals surface area contributed by atoms with E-state index in [0.29, 0.717) is 5.56 Å². The third-order valence-electron chi connectivity index (χ3n) is 3.39. The molecule has 0 bridgehead atoms. The molecule has 0 aliphatic carbocycles. The van der Waals surface area contributed by atoms with Gasteiger partial charge in [0.15, 0.2) is 0 Å². The van der Waals surface area contributed by atoms with Crippen LogP contribution in [0.3, 0.4) is 0 Å². The van der Waals surface area contributed by atoms with E-state index in [-0.39, 0.29) is 22.7 Å². The molecule has 2 aromatic carbocycles. The van der Waals surface area contributed by atoms with Gasteiger partial charge in [0.1, 0.15) is 5.82 Å². The van der Waals surface area contributed by atoms with Gasteiger partial charge in [0.05, 0.1) is 11.0 Å². The van der Waals surface area contributed by atoms with Crippen molar-refractivity contribution in [1.29, 1.82) is 0 Å². The fraction of sp³-hybridized carbons (Fsp3) is 0.235. The van der Waals surface area contributed by atoms with Gasteiger partial charge in [-0.1, -0.05) is 12.1 Å². The summed E-state index contributed by atoms with van der Waals surface area (Å²) in [6.07, 6.45) is -0.693. The van der Waals surface area contributed by atoms with Gasteiger partial charge in [-0.25, -0.2) is 12.8 Å². The molecule has 1 unspecified atom stereocenters. The lowest BCUT2D eigenvalue weighted by atomic mass is 10.2. The molecule has 0 radical (unpaired) electrons. The number of carbonyl (C=O) groups is 1. The lowest BCUT2D eigenvalue weighted by molar-refractivity contribution is 0.0924. The van der Waals surface area contributed by atoms with E-state index in [4.69, 9.17) is 0 Å². The Balaban J connectivity index is 2.20. The highest BCUT2D eigenvalue weighted by Crippen LogP contribution is 2.19. The Morgan fingerprint density at radius 2 is 1.96 bits per heavy atom. The van der Waals surface area contributed by atoms with Crippen molar-refractivity contribution in [3.05, 3.63) is 59.4 Å². The maximum atomic E-state index is 13.6. The highest BCUT2D eigenvalue weighted by Gasteiger charge is 2.16. The summed E-state index contributed by atoms with van der Waals surface area (Å²) in [5.41, 5.74) is 0.748. The van der Waals surface area contributed by atoms with Crippen molar-refractivity contribution >= 4 is 21.6 Å². The number of halogens is 1. The molecule has 6 nitrogen and oxygen atoms in total. The molecule has 3 N–H and O–H groups in total. The first-order valence-electron chi connectivity index (χ1n) is 7.54. The van der Waals surface area contributed by atoms with Crippen LogP contribution in [0.25, 0.3) is 0 Å². The van der Waals surface area contributed by atoms with Crippen LogP contribution in [0.1, 0.15) is 22.8 Å². The molecule has 134 valence electrons. The second-order valence-corrected chi connectivity index (χ2v) is 7.34. The summed E-state index contributed by atoms with van der Waals surface area (Å²) in [6.45, 7) is 3.15. The van der Waals surface area contributed by atoms with Gasteiger partial charge >= 0.3 is 0 Å². The minimum absolute atomic E-state index is 0.0808. The van der Waals surface area contributed by atoms with Crippen molar-refractivity contribution < 1.29 is 22.7 Å². The van der Waals surface area contributed by atoms with Crippen LogP contribution in [-0.4, -0.2) is 32.1 Å². The third kappa shape index (κ3) is 5.01. The number of benzene rings is 2. The molecule has 0 aliphatic heterocycles. The first kappa shape index (κ1) is 18.9. The second kappa shape index (κ2) is 7.62. The van der Waals surface area contributed by atoms with Crippen LogP contribution in [0.4, 0.5) is 10.1 Å². The first-order chi connectivity index (χ1) is 11.7. The van der Waals surface area contributed by atoms with Crippen LogP contribution < -0.4 is 10.0 Å². The molecule has 0 fully saturated rings. The molecule has 1 amide bonds. The van der Waals surface area contributed by atoms with Crippen LogP contribution in [0.2, 0.25) is 0 Å². The Bertz CT molecular complexity index is 882. The number of amides is 1. The maximum Gasteiger partial charge on any atom is 0.261 e. The Morgan fingerprint density at radius 3 is 2.60 bits per heavy atom. The van der Waals surface area contributed by atoms with Gasteiger partial charge in [0, 0.05) is 17.8 Å². The number of carbonyl (C=O) groups excluding carboxylic acids is 1. The molecule has 0 aromatic heterocycles.